The molecule has 3 aromatic rings. The zero-order valence-corrected chi connectivity index (χ0v) is 21.0. The van der Waals surface area contributed by atoms with Crippen LogP contribution in [0.5, 0.6) is 0 Å². The zero-order chi connectivity index (χ0) is 25.4. The van der Waals surface area contributed by atoms with Gasteiger partial charge in [0.2, 0.25) is 0 Å². The van der Waals surface area contributed by atoms with Crippen molar-refractivity contribution in [3.63, 3.8) is 0 Å². The van der Waals surface area contributed by atoms with E-state index in [-0.39, 0.29) is 18.4 Å². The van der Waals surface area contributed by atoms with E-state index in [2.05, 4.69) is 13.1 Å². The van der Waals surface area contributed by atoms with Crippen LogP contribution in [0.3, 0.4) is 0 Å². The van der Waals surface area contributed by atoms with E-state index >= 15 is 0 Å². The van der Waals surface area contributed by atoms with Gasteiger partial charge in [-0.3, -0.25) is 9.59 Å². The zero-order valence-electron chi connectivity index (χ0n) is 20.0. The van der Waals surface area contributed by atoms with E-state index in [9.17, 15) is 14.4 Å². The van der Waals surface area contributed by atoms with Crippen LogP contribution in [0.2, 0.25) is 13.1 Å². The Bertz CT molecular complexity index is 1430. The van der Waals surface area contributed by atoms with E-state index in [1.807, 2.05) is 42.5 Å². The maximum absolute atomic E-state index is 13.0. The van der Waals surface area contributed by atoms with Crippen molar-refractivity contribution in [1.82, 2.24) is 5.06 Å². The first-order valence-electron chi connectivity index (χ1n) is 11.8. The number of imide groups is 1. The van der Waals surface area contributed by atoms with E-state index in [0.717, 1.165) is 32.6 Å². The van der Waals surface area contributed by atoms with Gasteiger partial charge < -0.3 is 21.0 Å². The summed E-state index contributed by atoms with van der Waals surface area (Å²) in [5.41, 5.74) is 16.8. The molecule has 1 spiro atoms. The van der Waals surface area contributed by atoms with Crippen LogP contribution in [-0.2, 0) is 31.4 Å². The molecule has 1 saturated heterocycles. The van der Waals surface area contributed by atoms with Crippen LogP contribution in [0.1, 0.15) is 45.5 Å². The highest BCUT2D eigenvalue weighted by Gasteiger charge is 2.53. The molecule has 182 valence electrons. The third-order valence-electron chi connectivity index (χ3n) is 7.54. The number of hydrogen-bond acceptors (Lipinski definition) is 7. The molecule has 0 aliphatic carbocycles. The van der Waals surface area contributed by atoms with Gasteiger partial charge in [0.15, 0.2) is 0 Å². The predicted octanol–water partition coefficient (Wildman–Crippen LogP) is 2.03. The van der Waals surface area contributed by atoms with Gasteiger partial charge in [-0.05, 0) is 69.0 Å². The Labute approximate surface area is 208 Å². The molecule has 0 saturated carbocycles. The molecule has 6 rings (SSSR count). The quantitative estimate of drug-likeness (QED) is 0.314. The maximum Gasteiger partial charge on any atom is 0.363 e. The van der Waals surface area contributed by atoms with Crippen molar-refractivity contribution >= 4 is 47.6 Å². The summed E-state index contributed by atoms with van der Waals surface area (Å²) in [4.78, 5) is 42.1. The molecule has 3 aliphatic rings. The number of fused-ring (bicyclic) bond motifs is 6. The lowest BCUT2D eigenvalue weighted by atomic mass is 9.78. The molecule has 8 nitrogen and oxygen atoms in total. The van der Waals surface area contributed by atoms with Gasteiger partial charge >= 0.3 is 5.97 Å². The minimum Gasteiger partial charge on any atom is -0.399 e. The third-order valence-corrected chi connectivity index (χ3v) is 11.1. The number of hydrogen-bond donors (Lipinski definition) is 2. The van der Waals surface area contributed by atoms with Gasteiger partial charge in [0.05, 0.1) is 12.2 Å². The maximum atomic E-state index is 13.0. The van der Waals surface area contributed by atoms with Crippen LogP contribution in [-0.4, -0.2) is 30.9 Å². The molecule has 0 atom stereocenters. The van der Waals surface area contributed by atoms with Gasteiger partial charge in [0.1, 0.15) is 13.7 Å². The second kappa shape index (κ2) is 7.52. The second-order valence-corrected chi connectivity index (χ2v) is 14.4. The number of anilines is 2. The van der Waals surface area contributed by atoms with Gasteiger partial charge in [0, 0.05) is 24.2 Å². The van der Waals surface area contributed by atoms with Crippen LogP contribution in [0.15, 0.2) is 54.6 Å². The van der Waals surface area contributed by atoms with Crippen molar-refractivity contribution < 1.29 is 24.0 Å². The number of carbonyl (C=O) groups excluding carboxylic acids is 3. The Hall–Kier alpha value is -3.95. The fourth-order valence-corrected chi connectivity index (χ4v) is 8.93. The fraction of sp³-hybridized carbons (Fsp3) is 0.222. The fourth-order valence-electron chi connectivity index (χ4n) is 5.72. The molecular weight excluding hydrogens is 474 g/mol. The van der Waals surface area contributed by atoms with Crippen molar-refractivity contribution in [2.45, 2.75) is 38.1 Å². The summed E-state index contributed by atoms with van der Waals surface area (Å²) in [6.45, 7) is 4.89. The Morgan fingerprint density at radius 3 is 2.06 bits per heavy atom. The summed E-state index contributed by atoms with van der Waals surface area (Å²) < 4.78 is 6.65. The number of rotatable bonds is 2. The minimum absolute atomic E-state index is 0.0345. The number of carbonyl (C=O) groups is 3. The summed E-state index contributed by atoms with van der Waals surface area (Å²) in [5, 5.41) is 2.86. The minimum atomic E-state index is -2.20. The first-order valence-corrected chi connectivity index (χ1v) is 14.8. The number of amides is 2. The topological polar surface area (TPSA) is 125 Å². The first-order chi connectivity index (χ1) is 17.1. The molecule has 1 fully saturated rings. The Kier molecular flexibility index (Phi) is 4.70. The summed E-state index contributed by atoms with van der Waals surface area (Å²) in [7, 11) is -2.20. The van der Waals surface area contributed by atoms with Gasteiger partial charge in [-0.25, -0.2) is 4.79 Å². The average Bonchev–Trinajstić information content (AvgIpc) is 3.38. The first kappa shape index (κ1) is 22.5. The van der Waals surface area contributed by atoms with E-state index in [0.29, 0.717) is 23.0 Å². The largest absolute Gasteiger partial charge is 0.399 e. The van der Waals surface area contributed by atoms with Gasteiger partial charge in [-0.1, -0.05) is 31.3 Å². The normalized spacial score (nSPS) is 18.7. The van der Waals surface area contributed by atoms with Gasteiger partial charge in [-0.2, -0.15) is 0 Å². The summed E-state index contributed by atoms with van der Waals surface area (Å²) in [6, 6.07) is 17.0. The van der Waals surface area contributed by atoms with Gasteiger partial charge in [0.25, 0.3) is 11.8 Å². The van der Waals surface area contributed by atoms with Crippen LogP contribution in [0, 0.1) is 0 Å². The Balaban J connectivity index is 1.54. The van der Waals surface area contributed by atoms with E-state index < -0.39 is 31.5 Å². The molecule has 0 radical (unpaired) electrons. The molecule has 3 aromatic carbocycles. The molecule has 0 bridgehead atoms. The average molecular weight is 500 g/mol. The van der Waals surface area contributed by atoms with E-state index in [4.69, 9.17) is 21.0 Å². The standard InChI is InChI=1S/C27H25N3O5Si/c1-36(2)22-12-17(28)5-7-19(22)27(20-8-6-18(29)13-23(20)36)21-11-15(3-4-16(21)14-34-27)26(33)35-30-24(31)9-10-25(30)32/h3-8,11-13H,9-10,14,28-29H2,1-2H3. The summed E-state index contributed by atoms with van der Waals surface area (Å²) >= 11 is 0. The lowest BCUT2D eigenvalue weighted by Crippen LogP contribution is -2.63. The highest BCUT2D eigenvalue weighted by molar-refractivity contribution is 7.01. The van der Waals surface area contributed by atoms with Crippen molar-refractivity contribution in [3.8, 4) is 0 Å². The summed E-state index contributed by atoms with van der Waals surface area (Å²) in [6.07, 6.45) is 0.0690. The van der Waals surface area contributed by atoms with Crippen LogP contribution >= 0.6 is 0 Å². The van der Waals surface area contributed by atoms with E-state index in [1.165, 1.54) is 0 Å². The van der Waals surface area contributed by atoms with Gasteiger partial charge in [-0.15, -0.1) is 5.06 Å². The molecule has 3 aliphatic heterocycles. The van der Waals surface area contributed by atoms with Crippen LogP contribution < -0.4 is 21.8 Å². The van der Waals surface area contributed by atoms with Crippen LogP contribution in [0.4, 0.5) is 11.4 Å². The van der Waals surface area contributed by atoms with Crippen molar-refractivity contribution in [2.75, 3.05) is 11.5 Å². The Morgan fingerprint density at radius 2 is 1.47 bits per heavy atom. The van der Waals surface area contributed by atoms with Crippen molar-refractivity contribution in [3.05, 3.63) is 82.4 Å². The number of benzene rings is 3. The number of nitrogens with zero attached hydrogens (tertiary/aromatic N) is 1. The molecule has 0 aromatic heterocycles. The Morgan fingerprint density at radius 1 is 0.889 bits per heavy atom. The highest BCUT2D eigenvalue weighted by Crippen LogP contribution is 2.49. The smallest absolute Gasteiger partial charge is 0.363 e. The highest BCUT2D eigenvalue weighted by atomic mass is 28.3. The summed E-state index contributed by atoms with van der Waals surface area (Å²) in [5.74, 6) is -1.82. The molecule has 2 amide bonds. The molecule has 36 heavy (non-hydrogen) atoms. The number of ether oxygens (including phenoxy) is 1. The van der Waals surface area contributed by atoms with Crippen molar-refractivity contribution in [2.24, 2.45) is 0 Å². The monoisotopic (exact) mass is 499 g/mol. The molecule has 3 heterocycles. The van der Waals surface area contributed by atoms with Crippen molar-refractivity contribution in [1.29, 1.82) is 0 Å². The lowest BCUT2D eigenvalue weighted by Gasteiger charge is -2.44. The lowest BCUT2D eigenvalue weighted by molar-refractivity contribution is -0.172. The molecular formula is C27H25N3O5Si. The second-order valence-electron chi connectivity index (χ2n) is 10.0. The number of hydroxylamine groups is 2. The number of nitrogens with two attached hydrogens (primary N) is 2. The van der Waals surface area contributed by atoms with Crippen LogP contribution in [0.25, 0.3) is 0 Å². The predicted molar refractivity (Wildman–Crippen MR) is 136 cm³/mol. The molecule has 4 N–H and O–H groups in total. The number of nitrogen functional groups attached to an aromatic ring is 2. The van der Waals surface area contributed by atoms with E-state index in [1.54, 1.807) is 12.1 Å². The third kappa shape index (κ3) is 2.99. The molecule has 9 heteroatoms. The molecule has 0 unspecified atom stereocenters. The SMILES string of the molecule is C[Si]1(C)c2cc(N)ccc2C2(OCc3ccc(C(=O)ON4C(=O)CCC4=O)cc32)c2ccc(N)cc21.